The number of aromatic hydroxyl groups is 1. The minimum absolute atomic E-state index is 0.152. The zero-order chi connectivity index (χ0) is 9.19. The van der Waals surface area contributed by atoms with Crippen LogP contribution in [0.5, 0.6) is 5.75 Å². The van der Waals surface area contributed by atoms with Crippen LogP contribution in [0.1, 0.15) is 19.4 Å². The van der Waals surface area contributed by atoms with Crippen LogP contribution in [-0.2, 0) is 5.41 Å². The largest absolute Gasteiger partial charge is 0.508 e. The van der Waals surface area contributed by atoms with Crippen molar-refractivity contribution in [3.63, 3.8) is 0 Å². The van der Waals surface area contributed by atoms with E-state index in [0.717, 1.165) is 4.43 Å². The molecule has 2 heteroatoms. The number of alkyl halides is 1. The van der Waals surface area contributed by atoms with Gasteiger partial charge < -0.3 is 5.11 Å². The predicted molar refractivity (Wildman–Crippen MR) is 60.0 cm³/mol. The summed E-state index contributed by atoms with van der Waals surface area (Å²) >= 11 is 2.36. The van der Waals surface area contributed by atoms with E-state index in [2.05, 4.69) is 42.5 Å². The van der Waals surface area contributed by atoms with Crippen LogP contribution >= 0.6 is 22.6 Å². The Morgan fingerprint density at radius 3 is 2.58 bits per heavy atom. The van der Waals surface area contributed by atoms with Gasteiger partial charge in [-0.15, -0.1) is 0 Å². The fraction of sp³-hybridized carbons (Fsp3) is 0.400. The molecule has 0 heterocycles. The van der Waals surface area contributed by atoms with Gasteiger partial charge in [0.15, 0.2) is 0 Å². The fourth-order valence-electron chi connectivity index (χ4n) is 1.00. The van der Waals surface area contributed by atoms with Crippen molar-refractivity contribution in [2.45, 2.75) is 19.3 Å². The van der Waals surface area contributed by atoms with Crippen molar-refractivity contribution in [1.29, 1.82) is 0 Å². The molecule has 0 aliphatic carbocycles. The Kier molecular flexibility index (Phi) is 2.99. The average Bonchev–Trinajstić information content (AvgIpc) is 2.05. The van der Waals surface area contributed by atoms with Gasteiger partial charge in [0.25, 0.3) is 0 Å². The number of phenols is 1. The molecule has 0 aliphatic rings. The van der Waals surface area contributed by atoms with Gasteiger partial charge in [-0.2, -0.15) is 0 Å². The van der Waals surface area contributed by atoms with E-state index in [4.69, 9.17) is 0 Å². The Bertz CT molecular complexity index is 268. The van der Waals surface area contributed by atoms with Crippen molar-refractivity contribution in [1.82, 2.24) is 0 Å². The minimum Gasteiger partial charge on any atom is -0.508 e. The summed E-state index contributed by atoms with van der Waals surface area (Å²) in [6.45, 7) is 4.35. The summed E-state index contributed by atoms with van der Waals surface area (Å²) < 4.78 is 1.05. The second kappa shape index (κ2) is 3.64. The highest BCUT2D eigenvalue weighted by molar-refractivity contribution is 14.1. The van der Waals surface area contributed by atoms with E-state index in [9.17, 15) is 5.11 Å². The van der Waals surface area contributed by atoms with E-state index in [1.54, 1.807) is 6.07 Å². The van der Waals surface area contributed by atoms with Crippen LogP contribution in [0.4, 0.5) is 0 Å². The van der Waals surface area contributed by atoms with Crippen LogP contribution in [-0.4, -0.2) is 9.53 Å². The summed E-state index contributed by atoms with van der Waals surface area (Å²) in [6.07, 6.45) is 0. The summed E-state index contributed by atoms with van der Waals surface area (Å²) in [5.41, 5.74) is 1.34. The third-order valence-electron chi connectivity index (χ3n) is 1.96. The van der Waals surface area contributed by atoms with E-state index in [1.807, 2.05) is 12.1 Å². The summed E-state index contributed by atoms with van der Waals surface area (Å²) in [5, 5.41) is 9.27. The molecule has 0 spiro atoms. The normalized spacial score (nSPS) is 11.6. The minimum atomic E-state index is 0.152. The molecule has 1 N–H and O–H groups in total. The van der Waals surface area contributed by atoms with Crippen LogP contribution in [0.25, 0.3) is 0 Å². The molecular weight excluding hydrogens is 263 g/mol. The molecule has 1 nitrogen and oxygen atoms in total. The zero-order valence-electron chi connectivity index (χ0n) is 7.34. The van der Waals surface area contributed by atoms with Crippen molar-refractivity contribution in [3.05, 3.63) is 29.8 Å². The van der Waals surface area contributed by atoms with Gasteiger partial charge in [0, 0.05) is 4.43 Å². The number of hydrogen-bond acceptors (Lipinski definition) is 1. The van der Waals surface area contributed by atoms with Gasteiger partial charge in [-0.05, 0) is 23.1 Å². The number of phenolic OH excluding ortho intramolecular Hbond substituents is 1. The first kappa shape index (κ1) is 9.84. The van der Waals surface area contributed by atoms with Crippen molar-refractivity contribution in [2.24, 2.45) is 0 Å². The van der Waals surface area contributed by atoms with Crippen LogP contribution in [0, 0.1) is 0 Å². The van der Waals surface area contributed by atoms with Crippen molar-refractivity contribution < 1.29 is 5.11 Å². The highest BCUT2D eigenvalue weighted by Gasteiger charge is 2.18. The van der Waals surface area contributed by atoms with E-state index >= 15 is 0 Å². The molecule has 0 atom stereocenters. The third-order valence-corrected chi connectivity index (χ3v) is 3.87. The molecule has 0 amide bonds. The number of benzene rings is 1. The molecule has 0 radical (unpaired) electrons. The predicted octanol–water partition coefficient (Wildman–Crippen LogP) is 3.10. The second-order valence-electron chi connectivity index (χ2n) is 3.57. The molecule has 0 unspecified atom stereocenters. The quantitative estimate of drug-likeness (QED) is 0.650. The van der Waals surface area contributed by atoms with E-state index in [0.29, 0.717) is 5.75 Å². The molecule has 1 aromatic carbocycles. The Morgan fingerprint density at radius 2 is 2.08 bits per heavy atom. The maximum absolute atomic E-state index is 9.27. The second-order valence-corrected chi connectivity index (χ2v) is 4.33. The number of halogens is 1. The van der Waals surface area contributed by atoms with E-state index in [1.165, 1.54) is 5.56 Å². The van der Waals surface area contributed by atoms with E-state index in [-0.39, 0.29) is 5.41 Å². The molecule has 0 bridgehead atoms. The third kappa shape index (κ3) is 2.12. The molecule has 0 saturated carbocycles. The fourth-order valence-corrected chi connectivity index (χ4v) is 1.44. The van der Waals surface area contributed by atoms with Crippen LogP contribution < -0.4 is 0 Å². The van der Waals surface area contributed by atoms with Gasteiger partial charge in [0.05, 0.1) is 0 Å². The smallest absolute Gasteiger partial charge is 0.115 e. The lowest BCUT2D eigenvalue weighted by molar-refractivity contribution is 0.471. The van der Waals surface area contributed by atoms with Gasteiger partial charge in [-0.1, -0.05) is 48.6 Å². The molecule has 12 heavy (non-hydrogen) atoms. The first-order valence-corrected chi connectivity index (χ1v) is 5.44. The maximum atomic E-state index is 9.27. The van der Waals surface area contributed by atoms with E-state index < -0.39 is 0 Å². The summed E-state index contributed by atoms with van der Waals surface area (Å²) in [7, 11) is 0. The van der Waals surface area contributed by atoms with Gasteiger partial charge in [0.2, 0.25) is 0 Å². The SMILES string of the molecule is CC(C)(CI)c1cccc(O)c1. The highest BCUT2D eigenvalue weighted by atomic mass is 127. The molecule has 0 aromatic heterocycles. The lowest BCUT2D eigenvalue weighted by atomic mass is 9.87. The summed E-state index contributed by atoms with van der Waals surface area (Å²) in [4.78, 5) is 0. The monoisotopic (exact) mass is 276 g/mol. The molecule has 1 rings (SSSR count). The molecular formula is C10H13IO. The lowest BCUT2D eigenvalue weighted by Gasteiger charge is -2.22. The average molecular weight is 276 g/mol. The molecule has 0 fully saturated rings. The van der Waals surface area contributed by atoms with Gasteiger partial charge >= 0.3 is 0 Å². The Labute approximate surface area is 86.9 Å². The topological polar surface area (TPSA) is 20.2 Å². The van der Waals surface area contributed by atoms with Crippen LogP contribution in [0.15, 0.2) is 24.3 Å². The van der Waals surface area contributed by atoms with Crippen molar-refractivity contribution in [2.75, 3.05) is 4.43 Å². The molecule has 0 aliphatic heterocycles. The molecule has 66 valence electrons. The zero-order valence-corrected chi connectivity index (χ0v) is 9.50. The highest BCUT2D eigenvalue weighted by Crippen LogP contribution is 2.27. The summed E-state index contributed by atoms with van der Waals surface area (Å²) in [6, 6.07) is 7.47. The van der Waals surface area contributed by atoms with Crippen LogP contribution in [0.2, 0.25) is 0 Å². The van der Waals surface area contributed by atoms with Crippen LogP contribution in [0.3, 0.4) is 0 Å². The Morgan fingerprint density at radius 1 is 1.42 bits per heavy atom. The standard InChI is InChI=1S/C10H13IO/c1-10(2,7-11)8-4-3-5-9(12)6-8/h3-6,12H,7H2,1-2H3. The molecule has 1 aromatic rings. The summed E-state index contributed by atoms with van der Waals surface area (Å²) in [5.74, 6) is 0.352. The number of hydrogen-bond donors (Lipinski definition) is 1. The number of rotatable bonds is 2. The Hall–Kier alpha value is -0.250. The van der Waals surface area contributed by atoms with Gasteiger partial charge in [0.1, 0.15) is 5.75 Å². The Balaban J connectivity index is 3.03. The molecule has 0 saturated heterocycles. The first-order chi connectivity index (χ1) is 5.56. The first-order valence-electron chi connectivity index (χ1n) is 3.92. The van der Waals surface area contributed by atoms with Crippen molar-refractivity contribution >= 4 is 22.6 Å². The lowest BCUT2D eigenvalue weighted by Crippen LogP contribution is -2.18. The van der Waals surface area contributed by atoms with Gasteiger partial charge in [-0.25, -0.2) is 0 Å². The van der Waals surface area contributed by atoms with Gasteiger partial charge in [-0.3, -0.25) is 0 Å². The van der Waals surface area contributed by atoms with Crippen molar-refractivity contribution in [3.8, 4) is 5.75 Å². The maximum Gasteiger partial charge on any atom is 0.115 e.